The van der Waals surface area contributed by atoms with Crippen LogP contribution in [-0.2, 0) is 20.7 Å². The van der Waals surface area contributed by atoms with E-state index in [1.165, 1.54) is 5.56 Å². The number of ether oxygens (including phenoxy) is 1. The van der Waals surface area contributed by atoms with Gasteiger partial charge in [0.1, 0.15) is 0 Å². The highest BCUT2D eigenvalue weighted by molar-refractivity contribution is 6.01. The van der Waals surface area contributed by atoms with Gasteiger partial charge in [0, 0.05) is 6.54 Å². The summed E-state index contributed by atoms with van der Waals surface area (Å²) in [7, 11) is 0. The zero-order valence-corrected chi connectivity index (χ0v) is 11.3. The van der Waals surface area contributed by atoms with Crippen molar-refractivity contribution in [3.63, 3.8) is 0 Å². The quantitative estimate of drug-likeness (QED) is 0.580. The zero-order chi connectivity index (χ0) is 14.3. The summed E-state index contributed by atoms with van der Waals surface area (Å²) in [6.45, 7) is 4.33. The number of rotatable bonds is 6. The van der Waals surface area contributed by atoms with Crippen molar-refractivity contribution in [2.75, 3.05) is 13.2 Å². The molecule has 0 aliphatic heterocycles. The fourth-order valence-electron chi connectivity index (χ4n) is 1.65. The van der Waals surface area contributed by atoms with Crippen LogP contribution in [0.4, 0.5) is 0 Å². The predicted octanol–water partition coefficient (Wildman–Crippen LogP) is 0.544. The summed E-state index contributed by atoms with van der Waals surface area (Å²) in [4.78, 5) is 22.8. The lowest BCUT2D eigenvalue weighted by Crippen LogP contribution is -2.47. The van der Waals surface area contributed by atoms with Gasteiger partial charge in [-0.1, -0.05) is 29.8 Å². The number of aryl methyl sites for hydroxylation is 1. The average molecular weight is 264 g/mol. The molecular formula is C14H20N2O3. The maximum atomic E-state index is 11.6. The van der Waals surface area contributed by atoms with Gasteiger partial charge in [0.25, 0.3) is 0 Å². The van der Waals surface area contributed by atoms with Crippen LogP contribution < -0.4 is 11.1 Å². The summed E-state index contributed by atoms with van der Waals surface area (Å²) in [5.74, 6) is -1.21. The van der Waals surface area contributed by atoms with Gasteiger partial charge >= 0.3 is 5.97 Å². The average Bonchev–Trinajstić information content (AvgIpc) is 2.38. The molecule has 1 unspecified atom stereocenters. The monoisotopic (exact) mass is 264 g/mol. The smallest absolute Gasteiger partial charge is 0.332 e. The predicted molar refractivity (Wildman–Crippen MR) is 72.5 cm³/mol. The number of hydrogen-bond donors (Lipinski definition) is 2. The third-order valence-electron chi connectivity index (χ3n) is 2.62. The molecule has 1 amide bonds. The standard InChI is InChI=1S/C14H20N2O3/c1-3-19-14(18)12(15)13(17)16-8-7-11-6-4-5-10(2)9-11/h4-6,9,12H,3,7-8,15H2,1-2H3,(H,16,17). The minimum atomic E-state index is -1.25. The van der Waals surface area contributed by atoms with Gasteiger partial charge in [-0.2, -0.15) is 0 Å². The summed E-state index contributed by atoms with van der Waals surface area (Å²) in [5, 5.41) is 2.62. The van der Waals surface area contributed by atoms with Crippen LogP contribution in [0, 0.1) is 6.92 Å². The highest BCUT2D eigenvalue weighted by atomic mass is 16.5. The number of benzene rings is 1. The molecule has 5 nitrogen and oxygen atoms in total. The van der Waals surface area contributed by atoms with E-state index in [2.05, 4.69) is 16.1 Å². The van der Waals surface area contributed by atoms with Crippen molar-refractivity contribution in [1.29, 1.82) is 0 Å². The Labute approximate surface area is 113 Å². The molecule has 0 fully saturated rings. The molecule has 0 saturated carbocycles. The van der Waals surface area contributed by atoms with Crippen molar-refractivity contribution in [3.8, 4) is 0 Å². The van der Waals surface area contributed by atoms with Gasteiger partial charge in [0.15, 0.2) is 6.04 Å². The zero-order valence-electron chi connectivity index (χ0n) is 11.3. The number of nitrogens with one attached hydrogen (secondary N) is 1. The fourth-order valence-corrected chi connectivity index (χ4v) is 1.65. The largest absolute Gasteiger partial charge is 0.464 e. The van der Waals surface area contributed by atoms with Gasteiger partial charge in [-0.3, -0.25) is 4.79 Å². The van der Waals surface area contributed by atoms with E-state index in [4.69, 9.17) is 5.73 Å². The van der Waals surface area contributed by atoms with E-state index in [9.17, 15) is 9.59 Å². The van der Waals surface area contributed by atoms with Crippen molar-refractivity contribution in [3.05, 3.63) is 35.4 Å². The van der Waals surface area contributed by atoms with Crippen LogP contribution >= 0.6 is 0 Å². The van der Waals surface area contributed by atoms with E-state index < -0.39 is 17.9 Å². The lowest BCUT2D eigenvalue weighted by atomic mass is 10.1. The Bertz CT molecular complexity index is 446. The highest BCUT2D eigenvalue weighted by Crippen LogP contribution is 2.03. The summed E-state index contributed by atoms with van der Waals surface area (Å²) in [6, 6.07) is 6.77. The number of carbonyl (C=O) groups is 2. The van der Waals surface area contributed by atoms with Gasteiger partial charge < -0.3 is 15.8 Å². The van der Waals surface area contributed by atoms with Crippen molar-refractivity contribution in [2.45, 2.75) is 26.3 Å². The van der Waals surface area contributed by atoms with Crippen LogP contribution in [-0.4, -0.2) is 31.1 Å². The Kier molecular flexibility index (Phi) is 6.02. The first-order valence-electron chi connectivity index (χ1n) is 6.30. The lowest BCUT2D eigenvalue weighted by molar-refractivity contribution is -0.147. The van der Waals surface area contributed by atoms with Crippen LogP contribution in [0.2, 0.25) is 0 Å². The number of hydrogen-bond acceptors (Lipinski definition) is 4. The first kappa shape index (κ1) is 15.2. The molecule has 3 N–H and O–H groups in total. The van der Waals surface area contributed by atoms with Crippen molar-refractivity contribution in [1.82, 2.24) is 5.32 Å². The second-order valence-corrected chi connectivity index (χ2v) is 4.26. The Hall–Kier alpha value is -1.88. The SMILES string of the molecule is CCOC(=O)C(N)C(=O)NCCc1cccc(C)c1. The van der Waals surface area contributed by atoms with E-state index >= 15 is 0 Å². The molecule has 0 aliphatic rings. The first-order chi connectivity index (χ1) is 9.04. The Morgan fingerprint density at radius 1 is 1.42 bits per heavy atom. The minimum absolute atomic E-state index is 0.211. The Morgan fingerprint density at radius 3 is 2.79 bits per heavy atom. The molecule has 0 bridgehead atoms. The van der Waals surface area contributed by atoms with Gasteiger partial charge in [0.05, 0.1) is 6.61 Å². The lowest BCUT2D eigenvalue weighted by Gasteiger charge is -2.11. The van der Waals surface area contributed by atoms with E-state index in [0.717, 1.165) is 5.56 Å². The molecule has 0 aromatic heterocycles. The summed E-state index contributed by atoms with van der Waals surface area (Å²) in [6.07, 6.45) is 0.697. The maximum Gasteiger partial charge on any atom is 0.332 e. The van der Waals surface area contributed by atoms with Crippen LogP contribution in [0.5, 0.6) is 0 Å². The molecule has 19 heavy (non-hydrogen) atoms. The van der Waals surface area contributed by atoms with Crippen LogP contribution in [0.15, 0.2) is 24.3 Å². The minimum Gasteiger partial charge on any atom is -0.464 e. The van der Waals surface area contributed by atoms with Crippen molar-refractivity contribution in [2.24, 2.45) is 5.73 Å². The van der Waals surface area contributed by atoms with Crippen LogP contribution in [0.3, 0.4) is 0 Å². The fraction of sp³-hybridized carbons (Fsp3) is 0.429. The van der Waals surface area contributed by atoms with E-state index in [1.54, 1.807) is 6.92 Å². The Balaban J connectivity index is 2.36. The molecule has 0 aliphatic carbocycles. The van der Waals surface area contributed by atoms with Gasteiger partial charge in [-0.25, -0.2) is 4.79 Å². The molecular weight excluding hydrogens is 244 g/mol. The molecule has 1 rings (SSSR count). The molecule has 0 heterocycles. The molecule has 5 heteroatoms. The summed E-state index contributed by atoms with van der Waals surface area (Å²) < 4.78 is 4.68. The molecule has 1 aromatic rings. The van der Waals surface area contributed by atoms with Crippen LogP contribution in [0.1, 0.15) is 18.1 Å². The summed E-state index contributed by atoms with van der Waals surface area (Å²) >= 11 is 0. The van der Waals surface area contributed by atoms with E-state index in [-0.39, 0.29) is 6.61 Å². The number of carbonyl (C=O) groups excluding carboxylic acids is 2. The molecule has 104 valence electrons. The maximum absolute atomic E-state index is 11.6. The van der Waals surface area contributed by atoms with E-state index in [0.29, 0.717) is 13.0 Å². The number of nitrogens with two attached hydrogens (primary N) is 1. The highest BCUT2D eigenvalue weighted by Gasteiger charge is 2.22. The van der Waals surface area contributed by atoms with Gasteiger partial charge in [-0.15, -0.1) is 0 Å². The second kappa shape index (κ2) is 7.53. The van der Waals surface area contributed by atoms with Gasteiger partial charge in [-0.05, 0) is 25.8 Å². The van der Waals surface area contributed by atoms with E-state index in [1.807, 2.05) is 25.1 Å². The third-order valence-corrected chi connectivity index (χ3v) is 2.62. The molecule has 1 aromatic carbocycles. The van der Waals surface area contributed by atoms with Crippen molar-refractivity contribution < 1.29 is 14.3 Å². The normalized spacial score (nSPS) is 11.7. The third kappa shape index (κ3) is 5.09. The second-order valence-electron chi connectivity index (χ2n) is 4.26. The van der Waals surface area contributed by atoms with Gasteiger partial charge in [0.2, 0.25) is 5.91 Å². The first-order valence-corrected chi connectivity index (χ1v) is 6.30. The number of esters is 1. The number of amides is 1. The molecule has 0 saturated heterocycles. The molecule has 0 radical (unpaired) electrons. The topological polar surface area (TPSA) is 81.4 Å². The van der Waals surface area contributed by atoms with Crippen LogP contribution in [0.25, 0.3) is 0 Å². The molecule has 1 atom stereocenters. The molecule has 0 spiro atoms. The summed E-state index contributed by atoms with van der Waals surface area (Å²) in [5.41, 5.74) is 7.77. The Morgan fingerprint density at radius 2 is 2.16 bits per heavy atom. The van der Waals surface area contributed by atoms with Crippen molar-refractivity contribution >= 4 is 11.9 Å².